The highest BCUT2D eigenvalue weighted by Gasteiger charge is 2.30. The van der Waals surface area contributed by atoms with E-state index in [0.717, 1.165) is 24.5 Å². The van der Waals surface area contributed by atoms with Gasteiger partial charge in [-0.1, -0.05) is 26.0 Å². The molecule has 1 aromatic carbocycles. The normalized spacial score (nSPS) is 17.0. The molecule has 2 rings (SSSR count). The second-order valence-electron chi connectivity index (χ2n) is 3.48. The molecule has 1 heterocycles. The number of fused-ring (bicyclic) bond motifs is 1. The Morgan fingerprint density at radius 2 is 1.60 bits per heavy atom. The summed E-state index contributed by atoms with van der Waals surface area (Å²) < 4.78 is 2.29. The SMILES string of the molecule is CCN(CC)P1(=S)Nc2ccccc2N1. The zero-order chi connectivity index (χ0) is 10.9. The van der Waals surface area contributed by atoms with Gasteiger partial charge in [-0.05, 0) is 23.9 Å². The van der Waals surface area contributed by atoms with E-state index < -0.39 is 6.49 Å². The minimum atomic E-state index is -1.80. The van der Waals surface area contributed by atoms with E-state index in [1.807, 2.05) is 12.1 Å². The van der Waals surface area contributed by atoms with E-state index in [9.17, 15) is 0 Å². The molecule has 0 saturated carbocycles. The Morgan fingerprint density at radius 3 is 2.00 bits per heavy atom. The number of rotatable bonds is 3. The number of benzene rings is 1. The number of anilines is 2. The molecular weight excluding hydrogens is 225 g/mol. The summed E-state index contributed by atoms with van der Waals surface area (Å²) in [5.41, 5.74) is 2.26. The van der Waals surface area contributed by atoms with Gasteiger partial charge in [0.15, 0.2) is 6.49 Å². The van der Waals surface area contributed by atoms with Gasteiger partial charge in [0.1, 0.15) is 0 Å². The average molecular weight is 241 g/mol. The van der Waals surface area contributed by atoms with Crippen molar-refractivity contribution in [1.82, 2.24) is 4.67 Å². The van der Waals surface area contributed by atoms with Crippen LogP contribution in [0.4, 0.5) is 11.4 Å². The largest absolute Gasteiger partial charge is 0.329 e. The second kappa shape index (κ2) is 4.12. The predicted octanol–water partition coefficient (Wildman–Crippen LogP) is 3.09. The molecule has 0 spiro atoms. The monoisotopic (exact) mass is 241 g/mol. The molecule has 82 valence electrons. The first kappa shape index (κ1) is 10.9. The predicted molar refractivity (Wildman–Crippen MR) is 70.9 cm³/mol. The van der Waals surface area contributed by atoms with Crippen LogP contribution in [0.2, 0.25) is 0 Å². The highest BCUT2D eigenvalue weighted by Crippen LogP contribution is 2.56. The molecule has 1 aliphatic heterocycles. The summed E-state index contributed by atoms with van der Waals surface area (Å²) in [5.74, 6) is 0. The lowest BCUT2D eigenvalue weighted by molar-refractivity contribution is 0.509. The zero-order valence-electron chi connectivity index (χ0n) is 9.03. The Labute approximate surface area is 96.0 Å². The van der Waals surface area contributed by atoms with Crippen molar-refractivity contribution in [2.75, 3.05) is 23.3 Å². The van der Waals surface area contributed by atoms with Gasteiger partial charge in [-0.2, -0.15) is 0 Å². The van der Waals surface area contributed by atoms with Crippen LogP contribution in [0.1, 0.15) is 13.8 Å². The second-order valence-corrected chi connectivity index (χ2v) is 7.23. The van der Waals surface area contributed by atoms with Gasteiger partial charge in [0.05, 0.1) is 11.4 Å². The van der Waals surface area contributed by atoms with Crippen molar-refractivity contribution in [3.8, 4) is 0 Å². The van der Waals surface area contributed by atoms with Crippen molar-refractivity contribution >= 4 is 29.7 Å². The first-order valence-electron chi connectivity index (χ1n) is 5.20. The summed E-state index contributed by atoms with van der Waals surface area (Å²) in [4.78, 5) is 0. The molecule has 15 heavy (non-hydrogen) atoms. The van der Waals surface area contributed by atoms with E-state index in [2.05, 4.69) is 40.8 Å². The van der Waals surface area contributed by atoms with Crippen molar-refractivity contribution in [2.24, 2.45) is 0 Å². The van der Waals surface area contributed by atoms with Crippen molar-refractivity contribution in [1.29, 1.82) is 0 Å². The van der Waals surface area contributed by atoms with Gasteiger partial charge in [0.2, 0.25) is 0 Å². The van der Waals surface area contributed by atoms with E-state index in [0.29, 0.717) is 0 Å². The fourth-order valence-electron chi connectivity index (χ4n) is 1.80. The van der Waals surface area contributed by atoms with Gasteiger partial charge in [-0.3, -0.25) is 0 Å². The molecule has 0 fully saturated rings. The van der Waals surface area contributed by atoms with Crippen LogP contribution in [0, 0.1) is 0 Å². The molecule has 0 unspecified atom stereocenters. The third-order valence-electron chi connectivity index (χ3n) is 2.60. The Hall–Kier alpha value is -0.570. The lowest BCUT2D eigenvalue weighted by Gasteiger charge is -2.29. The summed E-state index contributed by atoms with van der Waals surface area (Å²) in [7, 11) is 0. The molecule has 3 nitrogen and oxygen atoms in total. The Morgan fingerprint density at radius 1 is 1.13 bits per heavy atom. The van der Waals surface area contributed by atoms with Crippen molar-refractivity contribution in [3.63, 3.8) is 0 Å². The molecule has 2 N–H and O–H groups in total. The molecule has 0 amide bonds. The lowest BCUT2D eigenvalue weighted by atomic mass is 10.3. The molecule has 0 saturated heterocycles. The number of hydrogen-bond donors (Lipinski definition) is 2. The quantitative estimate of drug-likeness (QED) is 0.795. The maximum absolute atomic E-state index is 5.71. The molecule has 0 atom stereocenters. The highest BCUT2D eigenvalue weighted by atomic mass is 32.4. The van der Waals surface area contributed by atoms with E-state index in [-0.39, 0.29) is 0 Å². The molecular formula is C10H16N3PS. The zero-order valence-corrected chi connectivity index (χ0v) is 10.7. The maximum atomic E-state index is 5.71. The number of nitrogens with one attached hydrogen (secondary N) is 2. The topological polar surface area (TPSA) is 27.3 Å². The minimum absolute atomic E-state index is 0.974. The van der Waals surface area contributed by atoms with Crippen molar-refractivity contribution in [3.05, 3.63) is 24.3 Å². The maximum Gasteiger partial charge on any atom is 0.189 e. The summed E-state index contributed by atoms with van der Waals surface area (Å²) in [5, 5.41) is 6.91. The van der Waals surface area contributed by atoms with E-state index in [4.69, 9.17) is 11.8 Å². The van der Waals surface area contributed by atoms with Gasteiger partial charge in [-0.25, -0.2) is 4.67 Å². The summed E-state index contributed by atoms with van der Waals surface area (Å²) >= 11 is 5.71. The third-order valence-corrected chi connectivity index (χ3v) is 6.29. The molecule has 0 aromatic heterocycles. The Kier molecular flexibility index (Phi) is 3.01. The smallest absolute Gasteiger partial charge is 0.189 e. The van der Waals surface area contributed by atoms with Crippen molar-refractivity contribution < 1.29 is 0 Å². The summed E-state index contributed by atoms with van der Waals surface area (Å²) in [6.45, 7) is 4.44. The Balaban J connectivity index is 2.28. The fourth-order valence-corrected chi connectivity index (χ4v) is 5.26. The van der Waals surface area contributed by atoms with Gasteiger partial charge in [0, 0.05) is 13.1 Å². The van der Waals surface area contributed by atoms with Crippen LogP contribution in [0.15, 0.2) is 24.3 Å². The number of hydrogen-bond acceptors (Lipinski definition) is 1. The number of para-hydroxylation sites is 2. The van der Waals surface area contributed by atoms with Gasteiger partial charge in [0.25, 0.3) is 0 Å². The highest BCUT2D eigenvalue weighted by molar-refractivity contribution is 8.15. The van der Waals surface area contributed by atoms with Gasteiger partial charge < -0.3 is 10.2 Å². The third kappa shape index (κ3) is 1.89. The van der Waals surface area contributed by atoms with Crippen LogP contribution in [0.25, 0.3) is 0 Å². The summed E-state index contributed by atoms with van der Waals surface area (Å²) in [6.07, 6.45) is 0. The molecule has 1 aromatic rings. The first-order chi connectivity index (χ1) is 7.19. The molecule has 5 heteroatoms. The minimum Gasteiger partial charge on any atom is -0.329 e. The summed E-state index contributed by atoms with van der Waals surface area (Å²) in [6, 6.07) is 8.20. The standard InChI is InChI=1S/C10H16N3PS/c1-3-13(4-2)14(15)11-9-7-5-6-8-10(9)12-14/h5-8H,3-4H2,1-2H3,(H2,11,12,15). The van der Waals surface area contributed by atoms with Gasteiger partial charge in [-0.15, -0.1) is 0 Å². The van der Waals surface area contributed by atoms with Crippen LogP contribution < -0.4 is 10.2 Å². The average Bonchev–Trinajstić information content (AvgIpc) is 2.56. The van der Waals surface area contributed by atoms with Gasteiger partial charge >= 0.3 is 0 Å². The first-order valence-corrected chi connectivity index (χ1v) is 7.96. The fraction of sp³-hybridized carbons (Fsp3) is 0.400. The van der Waals surface area contributed by atoms with Crippen LogP contribution >= 0.6 is 6.49 Å². The number of nitrogens with zero attached hydrogens (tertiary/aromatic N) is 1. The van der Waals surface area contributed by atoms with Crippen LogP contribution in [0.3, 0.4) is 0 Å². The van der Waals surface area contributed by atoms with Crippen LogP contribution in [-0.2, 0) is 11.8 Å². The molecule has 0 bridgehead atoms. The van der Waals surface area contributed by atoms with Crippen molar-refractivity contribution in [2.45, 2.75) is 13.8 Å². The molecule has 0 radical (unpaired) electrons. The van der Waals surface area contributed by atoms with E-state index >= 15 is 0 Å². The molecule has 1 aliphatic rings. The van der Waals surface area contributed by atoms with E-state index in [1.54, 1.807) is 0 Å². The van der Waals surface area contributed by atoms with Crippen LogP contribution in [0.5, 0.6) is 0 Å². The lowest BCUT2D eigenvalue weighted by Crippen LogP contribution is -2.24. The molecule has 0 aliphatic carbocycles. The Bertz CT molecular complexity index is 374. The van der Waals surface area contributed by atoms with Crippen LogP contribution in [-0.4, -0.2) is 17.8 Å². The van der Waals surface area contributed by atoms with E-state index in [1.165, 1.54) is 0 Å².